The van der Waals surface area contributed by atoms with E-state index in [4.69, 9.17) is 4.74 Å². The molecule has 0 aromatic heterocycles. The summed E-state index contributed by atoms with van der Waals surface area (Å²) < 4.78 is 35.3. The Morgan fingerprint density at radius 3 is 1.98 bits per heavy atom. The lowest BCUT2D eigenvalue weighted by molar-refractivity contribution is -0.140. The van der Waals surface area contributed by atoms with Gasteiger partial charge in [-0.2, -0.15) is 0 Å². The van der Waals surface area contributed by atoms with Gasteiger partial charge in [0.2, 0.25) is 11.8 Å². The molecule has 4 rings (SSSR count). The molecular formula is C34H36BrN3O5S. The van der Waals surface area contributed by atoms with Crippen molar-refractivity contribution >= 4 is 43.5 Å². The van der Waals surface area contributed by atoms with E-state index in [1.54, 1.807) is 42.5 Å². The summed E-state index contributed by atoms with van der Waals surface area (Å²) in [5, 5.41) is 2.96. The third-order valence-electron chi connectivity index (χ3n) is 6.94. The standard InChI is InChI=1S/C34H36BrN3O5S/c1-25(2)36-34(40)32(22-26-10-6-4-7-11-26)37(23-27-14-16-28(35)17-15-27)33(39)24-38(29-18-20-30(43-3)21-19-29)44(41,42)31-12-8-5-9-13-31/h4-21,25,32H,22-24H2,1-3H3,(H,36,40)/t32-/m0/s1. The first-order valence-electron chi connectivity index (χ1n) is 14.2. The summed E-state index contributed by atoms with van der Waals surface area (Å²) in [5.41, 5.74) is 1.95. The monoisotopic (exact) mass is 677 g/mol. The molecule has 4 aromatic rings. The lowest BCUT2D eigenvalue weighted by atomic mass is 10.0. The average Bonchev–Trinajstić information content (AvgIpc) is 3.03. The van der Waals surface area contributed by atoms with Crippen LogP contribution in [0, 0.1) is 0 Å². The van der Waals surface area contributed by atoms with Crippen LogP contribution in [0.25, 0.3) is 0 Å². The van der Waals surface area contributed by atoms with Crippen LogP contribution in [0.15, 0.2) is 119 Å². The van der Waals surface area contributed by atoms with Gasteiger partial charge in [-0.25, -0.2) is 8.42 Å². The number of halogens is 1. The van der Waals surface area contributed by atoms with Crippen molar-refractivity contribution in [1.82, 2.24) is 10.2 Å². The molecule has 1 atom stereocenters. The van der Waals surface area contributed by atoms with E-state index in [0.717, 1.165) is 19.9 Å². The molecule has 0 aliphatic rings. The van der Waals surface area contributed by atoms with Crippen molar-refractivity contribution in [1.29, 1.82) is 0 Å². The molecule has 0 aliphatic heterocycles. The number of nitrogens with one attached hydrogen (secondary N) is 1. The number of anilines is 1. The zero-order chi connectivity index (χ0) is 31.7. The Balaban J connectivity index is 1.79. The zero-order valence-corrected chi connectivity index (χ0v) is 27.3. The predicted molar refractivity (Wildman–Crippen MR) is 176 cm³/mol. The largest absolute Gasteiger partial charge is 0.497 e. The molecule has 0 bridgehead atoms. The zero-order valence-electron chi connectivity index (χ0n) is 24.9. The Labute approximate surface area is 267 Å². The highest BCUT2D eigenvalue weighted by Crippen LogP contribution is 2.27. The number of nitrogens with zero attached hydrogens (tertiary/aromatic N) is 2. The molecule has 4 aromatic carbocycles. The third kappa shape index (κ3) is 8.48. The number of rotatable bonds is 13. The average molecular weight is 679 g/mol. The first-order valence-corrected chi connectivity index (χ1v) is 16.4. The molecule has 2 amide bonds. The maximum absolute atomic E-state index is 14.4. The van der Waals surface area contributed by atoms with E-state index >= 15 is 0 Å². The second kappa shape index (κ2) is 15.0. The summed E-state index contributed by atoms with van der Waals surface area (Å²) in [6, 6.07) is 30.3. The quantitative estimate of drug-likeness (QED) is 0.193. The minimum atomic E-state index is -4.17. The molecule has 1 N–H and O–H groups in total. The lowest BCUT2D eigenvalue weighted by Gasteiger charge is -2.34. The lowest BCUT2D eigenvalue weighted by Crippen LogP contribution is -2.54. The van der Waals surface area contributed by atoms with Crippen LogP contribution in [0.3, 0.4) is 0 Å². The molecule has 44 heavy (non-hydrogen) atoms. The van der Waals surface area contributed by atoms with Gasteiger partial charge in [-0.15, -0.1) is 0 Å². The second-order valence-electron chi connectivity index (χ2n) is 10.5. The number of amides is 2. The number of methoxy groups -OCH3 is 1. The van der Waals surface area contributed by atoms with E-state index < -0.39 is 28.5 Å². The molecule has 0 radical (unpaired) electrons. The van der Waals surface area contributed by atoms with E-state index in [-0.39, 0.29) is 35.5 Å². The fourth-order valence-electron chi connectivity index (χ4n) is 4.72. The van der Waals surface area contributed by atoms with Crippen LogP contribution in [0.5, 0.6) is 5.75 Å². The van der Waals surface area contributed by atoms with E-state index in [9.17, 15) is 18.0 Å². The van der Waals surface area contributed by atoms with Crippen LogP contribution in [-0.2, 0) is 32.6 Å². The molecule has 0 saturated carbocycles. The minimum absolute atomic E-state index is 0.0430. The van der Waals surface area contributed by atoms with Gasteiger partial charge in [0, 0.05) is 23.5 Å². The Morgan fingerprint density at radius 2 is 1.41 bits per heavy atom. The van der Waals surface area contributed by atoms with Crippen LogP contribution in [-0.4, -0.2) is 50.9 Å². The molecule has 0 unspecified atom stereocenters. The molecule has 0 saturated heterocycles. The minimum Gasteiger partial charge on any atom is -0.497 e. The number of carbonyl (C=O) groups excluding carboxylic acids is 2. The molecule has 0 spiro atoms. The van der Waals surface area contributed by atoms with Crippen LogP contribution in [0.4, 0.5) is 5.69 Å². The Bertz CT molecular complexity index is 1630. The smallest absolute Gasteiger partial charge is 0.264 e. The summed E-state index contributed by atoms with van der Waals surface area (Å²) in [6.45, 7) is 3.28. The second-order valence-corrected chi connectivity index (χ2v) is 13.3. The number of hydrogen-bond donors (Lipinski definition) is 1. The molecule has 0 fully saturated rings. The molecule has 0 heterocycles. The molecule has 8 nitrogen and oxygen atoms in total. The third-order valence-corrected chi connectivity index (χ3v) is 9.26. The number of carbonyl (C=O) groups is 2. The summed E-state index contributed by atoms with van der Waals surface area (Å²) in [7, 11) is -2.65. The topological polar surface area (TPSA) is 96.0 Å². The fraction of sp³-hybridized carbons (Fsp3) is 0.235. The summed E-state index contributed by atoms with van der Waals surface area (Å²) in [4.78, 5) is 29.7. The van der Waals surface area contributed by atoms with Gasteiger partial charge >= 0.3 is 0 Å². The molecule has 10 heteroatoms. The maximum Gasteiger partial charge on any atom is 0.264 e. The van der Waals surface area contributed by atoms with Gasteiger partial charge in [0.25, 0.3) is 10.0 Å². The first-order chi connectivity index (χ1) is 21.1. The first kappa shape index (κ1) is 32.8. The van der Waals surface area contributed by atoms with Crippen molar-refractivity contribution in [3.63, 3.8) is 0 Å². The van der Waals surface area contributed by atoms with Crippen LogP contribution < -0.4 is 14.4 Å². The van der Waals surface area contributed by atoms with Crippen molar-refractivity contribution in [2.45, 2.75) is 43.8 Å². The van der Waals surface area contributed by atoms with Crippen molar-refractivity contribution in [2.75, 3.05) is 18.0 Å². The Morgan fingerprint density at radius 1 is 0.818 bits per heavy atom. The Kier molecular flexibility index (Phi) is 11.2. The number of ether oxygens (including phenoxy) is 1. The normalized spacial score (nSPS) is 11.9. The van der Waals surface area contributed by atoms with Crippen LogP contribution >= 0.6 is 15.9 Å². The number of benzene rings is 4. The summed E-state index contributed by atoms with van der Waals surface area (Å²) in [5.74, 6) is -0.304. The highest BCUT2D eigenvalue weighted by atomic mass is 79.9. The van der Waals surface area contributed by atoms with E-state index in [1.807, 2.05) is 68.4 Å². The van der Waals surface area contributed by atoms with Gasteiger partial charge in [-0.05, 0) is 73.5 Å². The fourth-order valence-corrected chi connectivity index (χ4v) is 6.42. The van der Waals surface area contributed by atoms with E-state index in [1.165, 1.54) is 24.1 Å². The van der Waals surface area contributed by atoms with Crippen molar-refractivity contribution in [3.8, 4) is 5.75 Å². The predicted octanol–water partition coefficient (Wildman–Crippen LogP) is 5.82. The van der Waals surface area contributed by atoms with Crippen LogP contribution in [0.2, 0.25) is 0 Å². The highest BCUT2D eigenvalue weighted by Gasteiger charge is 2.34. The van der Waals surface area contributed by atoms with Gasteiger partial charge in [0.15, 0.2) is 0 Å². The Hall–Kier alpha value is -4.15. The molecular weight excluding hydrogens is 642 g/mol. The van der Waals surface area contributed by atoms with E-state index in [2.05, 4.69) is 21.2 Å². The number of hydrogen-bond acceptors (Lipinski definition) is 5. The van der Waals surface area contributed by atoms with Crippen molar-refractivity contribution in [3.05, 3.63) is 125 Å². The summed E-state index contributed by atoms with van der Waals surface area (Å²) in [6.07, 6.45) is 0.246. The molecule has 230 valence electrons. The summed E-state index contributed by atoms with van der Waals surface area (Å²) >= 11 is 3.45. The van der Waals surface area contributed by atoms with Gasteiger partial charge in [0.05, 0.1) is 17.7 Å². The van der Waals surface area contributed by atoms with Gasteiger partial charge < -0.3 is 15.0 Å². The van der Waals surface area contributed by atoms with Crippen molar-refractivity contribution in [2.24, 2.45) is 0 Å². The van der Waals surface area contributed by atoms with Crippen LogP contribution in [0.1, 0.15) is 25.0 Å². The van der Waals surface area contributed by atoms with Gasteiger partial charge in [0.1, 0.15) is 18.3 Å². The van der Waals surface area contributed by atoms with Gasteiger partial charge in [-0.3, -0.25) is 13.9 Å². The van der Waals surface area contributed by atoms with Gasteiger partial charge in [-0.1, -0.05) is 76.6 Å². The highest BCUT2D eigenvalue weighted by molar-refractivity contribution is 9.10. The molecule has 0 aliphatic carbocycles. The van der Waals surface area contributed by atoms with Crippen molar-refractivity contribution < 1.29 is 22.7 Å². The maximum atomic E-state index is 14.4. The SMILES string of the molecule is COc1ccc(N(CC(=O)N(Cc2ccc(Br)cc2)[C@@H](Cc2ccccc2)C(=O)NC(C)C)S(=O)(=O)c2ccccc2)cc1. The number of sulfonamides is 1. The van der Waals surface area contributed by atoms with E-state index in [0.29, 0.717) is 5.75 Å².